The number of halogens is 1. The molecule has 0 spiro atoms. The summed E-state index contributed by atoms with van der Waals surface area (Å²) in [5.74, 6) is 5.35. The normalized spacial score (nSPS) is 10.6. The summed E-state index contributed by atoms with van der Waals surface area (Å²) in [6.07, 6.45) is 2.31. The van der Waals surface area contributed by atoms with E-state index in [1.54, 1.807) is 92.0 Å². The lowest BCUT2D eigenvalue weighted by atomic mass is 10.0. The first-order chi connectivity index (χ1) is 55.3. The fourth-order valence-corrected chi connectivity index (χ4v) is 12.8. The van der Waals surface area contributed by atoms with Gasteiger partial charge in [-0.3, -0.25) is 14.4 Å². The standard InChI is InChI=1S/C57H41NO6.C36H27NO3.C7H5FO/c1-61-51-31-33-54(34-32-51)64-57-10-4-7-47(37-57)44-19-25-50(26-20-44)58(48-21-15-42(16-22-48)45-5-2-8-55(35-45)62-52-27-11-40(38-59)12-28-52)49-23-17-43(18-24-49)46-6-3-9-56(36-46)63-53-29-13-41(39-60)14-30-53;38-34-7-1-4-28(22-34)25-10-16-31(17-11-25)37(32-18-12-26(13-19-32)29-5-2-8-35(39)23-29)33-20-14-27(15-21-33)30-6-3-9-36(40)24-30;8-7-3-1-6(5-9)2-4-7/h2-39H,1H3;1-24,38-40H;1-5H. The summed E-state index contributed by atoms with van der Waals surface area (Å²) in [4.78, 5) is 36.7. The van der Waals surface area contributed by atoms with Gasteiger partial charge in [0.1, 0.15) is 82.2 Å². The summed E-state index contributed by atoms with van der Waals surface area (Å²) in [5, 5.41) is 29.8. The molecule has 0 aromatic heterocycles. The van der Waals surface area contributed by atoms with E-state index in [9.17, 15) is 34.1 Å². The van der Waals surface area contributed by atoms with Crippen LogP contribution in [-0.4, -0.2) is 41.3 Å². The van der Waals surface area contributed by atoms with Crippen molar-refractivity contribution in [3.05, 3.63) is 411 Å². The topological polar surface area (TPSA) is 155 Å². The number of methoxy groups -OCH3 is 1. The lowest BCUT2D eigenvalue weighted by Crippen LogP contribution is -2.09. The van der Waals surface area contributed by atoms with Crippen LogP contribution in [0.15, 0.2) is 388 Å². The molecule has 16 aromatic rings. The van der Waals surface area contributed by atoms with E-state index in [1.165, 1.54) is 24.3 Å². The summed E-state index contributed by atoms with van der Waals surface area (Å²) < 4.78 is 35.8. The van der Waals surface area contributed by atoms with Crippen molar-refractivity contribution in [2.75, 3.05) is 16.9 Å². The van der Waals surface area contributed by atoms with Crippen LogP contribution in [0.3, 0.4) is 0 Å². The molecule has 0 aliphatic rings. The van der Waals surface area contributed by atoms with Gasteiger partial charge in [-0.2, -0.15) is 0 Å². The zero-order valence-electron chi connectivity index (χ0n) is 61.2. The monoisotopic (exact) mass is 1480 g/mol. The van der Waals surface area contributed by atoms with Crippen molar-refractivity contribution < 1.29 is 53.0 Å². The van der Waals surface area contributed by atoms with Crippen LogP contribution in [0.1, 0.15) is 31.1 Å². The molecule has 0 fully saturated rings. The summed E-state index contributed by atoms with van der Waals surface area (Å²) in [5.41, 5.74) is 19.7. The average molecular weight is 1480 g/mol. The number of phenols is 3. The van der Waals surface area contributed by atoms with Gasteiger partial charge in [-0.15, -0.1) is 0 Å². The predicted octanol–water partition coefficient (Wildman–Crippen LogP) is 26.1. The van der Waals surface area contributed by atoms with Gasteiger partial charge < -0.3 is 44.1 Å². The Kier molecular flexibility index (Phi) is 23.5. The number of benzene rings is 16. The van der Waals surface area contributed by atoms with Crippen LogP contribution < -0.4 is 28.7 Å². The molecule has 550 valence electrons. The number of hydrogen-bond acceptors (Lipinski definition) is 12. The van der Waals surface area contributed by atoms with E-state index < -0.39 is 0 Å². The first-order valence-electron chi connectivity index (χ1n) is 36.3. The minimum Gasteiger partial charge on any atom is -0.508 e. The highest BCUT2D eigenvalue weighted by Crippen LogP contribution is 2.42. The Balaban J connectivity index is 0.000000182. The maximum Gasteiger partial charge on any atom is 0.150 e. The Morgan fingerprint density at radius 2 is 0.442 bits per heavy atom. The molecular formula is C100H73FN2O10. The zero-order valence-corrected chi connectivity index (χ0v) is 61.2. The third-order valence-electron chi connectivity index (χ3n) is 18.6. The fourth-order valence-electron chi connectivity index (χ4n) is 12.8. The molecule has 13 heteroatoms. The number of carbonyl (C=O) groups is 3. The summed E-state index contributed by atoms with van der Waals surface area (Å²) >= 11 is 0. The minimum absolute atomic E-state index is 0.238. The summed E-state index contributed by atoms with van der Waals surface area (Å²) in [6, 6.07) is 123. The molecule has 0 aliphatic carbocycles. The molecule has 0 aliphatic heterocycles. The van der Waals surface area contributed by atoms with Crippen molar-refractivity contribution in [2.24, 2.45) is 0 Å². The lowest BCUT2D eigenvalue weighted by molar-refractivity contribution is 0.111. The van der Waals surface area contributed by atoms with E-state index in [0.29, 0.717) is 46.0 Å². The fraction of sp³-hybridized carbons (Fsp3) is 0.0100. The highest BCUT2D eigenvalue weighted by Gasteiger charge is 2.18. The van der Waals surface area contributed by atoms with Gasteiger partial charge in [0.2, 0.25) is 0 Å². The van der Waals surface area contributed by atoms with E-state index in [2.05, 4.69) is 174 Å². The van der Waals surface area contributed by atoms with Gasteiger partial charge in [0, 0.05) is 50.8 Å². The molecule has 3 N–H and O–H groups in total. The smallest absolute Gasteiger partial charge is 0.150 e. The predicted molar refractivity (Wildman–Crippen MR) is 449 cm³/mol. The van der Waals surface area contributed by atoms with Gasteiger partial charge in [-0.25, -0.2) is 4.39 Å². The Bertz CT molecular complexity index is 5540. The van der Waals surface area contributed by atoms with Gasteiger partial charge in [-0.05, 0) is 309 Å². The second kappa shape index (κ2) is 35.6. The zero-order chi connectivity index (χ0) is 77.8. The van der Waals surface area contributed by atoms with E-state index in [-0.39, 0.29) is 23.1 Å². The van der Waals surface area contributed by atoms with Gasteiger partial charge in [-0.1, -0.05) is 146 Å². The van der Waals surface area contributed by atoms with Crippen molar-refractivity contribution in [3.63, 3.8) is 0 Å². The Morgan fingerprint density at radius 3 is 0.673 bits per heavy atom. The third-order valence-corrected chi connectivity index (χ3v) is 18.6. The lowest BCUT2D eigenvalue weighted by Gasteiger charge is -2.26. The quantitative estimate of drug-likeness (QED) is 0.0553. The molecule has 0 radical (unpaired) electrons. The number of ether oxygens (including phenoxy) is 4. The van der Waals surface area contributed by atoms with Gasteiger partial charge in [0.15, 0.2) is 0 Å². The van der Waals surface area contributed by atoms with Crippen LogP contribution >= 0.6 is 0 Å². The Morgan fingerprint density at radius 1 is 0.230 bits per heavy atom. The number of aldehydes is 3. The van der Waals surface area contributed by atoms with Crippen LogP contribution in [-0.2, 0) is 0 Å². The number of rotatable bonds is 22. The number of aromatic hydroxyl groups is 3. The van der Waals surface area contributed by atoms with E-state index in [0.717, 1.165) is 131 Å². The molecule has 12 nitrogen and oxygen atoms in total. The number of carbonyl (C=O) groups excluding carboxylic acids is 3. The summed E-state index contributed by atoms with van der Waals surface area (Å²) in [7, 11) is 1.65. The van der Waals surface area contributed by atoms with Crippen molar-refractivity contribution in [1.29, 1.82) is 0 Å². The van der Waals surface area contributed by atoms with Crippen LogP contribution in [0.25, 0.3) is 66.8 Å². The van der Waals surface area contributed by atoms with Crippen LogP contribution in [0.4, 0.5) is 38.5 Å². The highest BCUT2D eigenvalue weighted by atomic mass is 19.1. The van der Waals surface area contributed by atoms with Crippen molar-refractivity contribution in [1.82, 2.24) is 0 Å². The van der Waals surface area contributed by atoms with Gasteiger partial charge in [0.05, 0.1) is 7.11 Å². The molecular weight excluding hydrogens is 1410 g/mol. The van der Waals surface area contributed by atoms with Crippen molar-refractivity contribution in [2.45, 2.75) is 0 Å². The molecule has 0 unspecified atom stereocenters. The molecule has 0 saturated carbocycles. The Hall–Kier alpha value is -15.3. The molecule has 0 heterocycles. The summed E-state index contributed by atoms with van der Waals surface area (Å²) in [6.45, 7) is 0. The number of nitrogens with zero attached hydrogens (tertiary/aromatic N) is 2. The van der Waals surface area contributed by atoms with E-state index in [4.69, 9.17) is 18.9 Å². The number of hydrogen-bond donors (Lipinski definition) is 3. The SMILES string of the molecule is COc1ccc(Oc2cccc(-c3ccc(N(c4ccc(-c5cccc(Oc6ccc(C=O)cc6)c5)cc4)c4ccc(-c5cccc(Oc6ccc(C=O)cc6)c5)cc4)cc3)c2)cc1.O=Cc1ccc(F)cc1.Oc1cccc(-c2ccc(N(c3ccc(-c4cccc(O)c4)cc3)c3ccc(-c4cccc(O)c4)cc3)cc2)c1. The van der Waals surface area contributed by atoms with Crippen molar-refractivity contribution in [3.8, 4) is 124 Å². The maximum absolute atomic E-state index is 12.1. The van der Waals surface area contributed by atoms with Crippen LogP contribution in [0.2, 0.25) is 0 Å². The second-order valence-corrected chi connectivity index (χ2v) is 26.2. The van der Waals surface area contributed by atoms with E-state index in [1.807, 2.05) is 115 Å². The molecule has 16 rings (SSSR count). The van der Waals surface area contributed by atoms with Crippen molar-refractivity contribution >= 4 is 53.0 Å². The average Bonchev–Trinajstić information content (AvgIpc) is 0.796. The largest absolute Gasteiger partial charge is 0.508 e. The van der Waals surface area contributed by atoms with Crippen LogP contribution in [0, 0.1) is 5.82 Å². The maximum atomic E-state index is 12.1. The number of phenolic OH excluding ortho intramolecular Hbond substituents is 3. The molecule has 113 heavy (non-hydrogen) atoms. The minimum atomic E-state index is -0.319. The second-order valence-electron chi connectivity index (χ2n) is 26.2. The number of anilines is 6. The first kappa shape index (κ1) is 74.5. The third kappa shape index (κ3) is 19.2. The molecule has 0 atom stereocenters. The molecule has 0 amide bonds. The Labute approximate surface area is 654 Å². The first-order valence-corrected chi connectivity index (χ1v) is 36.3. The van der Waals surface area contributed by atoms with E-state index >= 15 is 0 Å². The molecule has 0 bridgehead atoms. The van der Waals surface area contributed by atoms with Gasteiger partial charge in [0.25, 0.3) is 0 Å². The molecule has 16 aromatic carbocycles. The van der Waals surface area contributed by atoms with Crippen LogP contribution in [0.5, 0.6) is 57.5 Å². The van der Waals surface area contributed by atoms with Gasteiger partial charge >= 0.3 is 0 Å². The highest BCUT2D eigenvalue weighted by molar-refractivity contribution is 5.85. The molecule has 0 saturated heterocycles.